The number of carbonyl (C=O) groups excluding carboxylic acids is 1. The van der Waals surface area contributed by atoms with Gasteiger partial charge in [0.25, 0.3) is 5.69 Å². The average molecular weight is 274 g/mol. The first kappa shape index (κ1) is 14.8. The normalized spacial score (nSPS) is 11.0. The minimum atomic E-state index is -1.25. The minimum absolute atomic E-state index is 0.430. The van der Waals surface area contributed by atoms with E-state index in [0.29, 0.717) is 12.1 Å². The van der Waals surface area contributed by atoms with Gasteiger partial charge < -0.3 is 4.74 Å². The Kier molecular flexibility index (Phi) is 4.03. The maximum Gasteiger partial charge on any atom is 0.412 e. The van der Waals surface area contributed by atoms with Gasteiger partial charge in [0.2, 0.25) is 0 Å². The molecule has 6 nitrogen and oxygen atoms in total. The number of nitro benzene ring substituents is 1. The third-order valence-electron chi connectivity index (χ3n) is 1.86. The smallest absolute Gasteiger partial charge is 0.412 e. The second-order valence-corrected chi connectivity index (χ2v) is 4.67. The largest absolute Gasteiger partial charge is 0.444 e. The van der Waals surface area contributed by atoms with Crippen LogP contribution in [0.25, 0.3) is 0 Å². The van der Waals surface area contributed by atoms with Crippen molar-refractivity contribution in [3.05, 3.63) is 33.9 Å². The number of hydrogen-bond acceptors (Lipinski definition) is 4. The summed E-state index contributed by atoms with van der Waals surface area (Å²) in [5.41, 5.74) is -2.47. The second kappa shape index (κ2) is 5.17. The van der Waals surface area contributed by atoms with Gasteiger partial charge in [-0.05, 0) is 20.8 Å². The molecular weight excluding hydrogens is 262 g/mol. The summed E-state index contributed by atoms with van der Waals surface area (Å²) in [6.45, 7) is 4.71. The predicted octanol–water partition coefficient (Wildman–Crippen LogP) is 3.22. The van der Waals surface area contributed by atoms with Gasteiger partial charge >= 0.3 is 6.09 Å². The van der Waals surface area contributed by atoms with Crippen LogP contribution in [-0.2, 0) is 4.74 Å². The SMILES string of the molecule is CC(C)(C)OC(=O)Nc1c(F)cc(F)cc1[N+](=O)[O-]. The van der Waals surface area contributed by atoms with E-state index in [9.17, 15) is 23.7 Å². The highest BCUT2D eigenvalue weighted by atomic mass is 19.1. The van der Waals surface area contributed by atoms with Crippen molar-refractivity contribution in [2.24, 2.45) is 0 Å². The molecule has 1 amide bonds. The lowest BCUT2D eigenvalue weighted by atomic mass is 10.2. The summed E-state index contributed by atoms with van der Waals surface area (Å²) in [6.07, 6.45) is -1.07. The number of benzene rings is 1. The zero-order valence-corrected chi connectivity index (χ0v) is 10.5. The van der Waals surface area contributed by atoms with Crippen molar-refractivity contribution in [1.29, 1.82) is 0 Å². The third-order valence-corrected chi connectivity index (χ3v) is 1.86. The zero-order valence-electron chi connectivity index (χ0n) is 10.5. The third kappa shape index (κ3) is 4.16. The van der Waals surface area contributed by atoms with Gasteiger partial charge in [-0.3, -0.25) is 15.4 Å². The molecule has 1 aromatic carbocycles. The van der Waals surface area contributed by atoms with Gasteiger partial charge in [-0.25, -0.2) is 13.6 Å². The number of nitrogens with zero attached hydrogens (tertiary/aromatic N) is 1. The summed E-state index contributed by atoms with van der Waals surface area (Å²) < 4.78 is 31.2. The standard InChI is InChI=1S/C11H12F2N2O4/c1-11(2,3)19-10(16)14-9-7(13)4-6(12)5-8(9)15(17)18/h4-5H,1-3H3,(H,14,16). The van der Waals surface area contributed by atoms with Gasteiger partial charge in [0.15, 0.2) is 11.5 Å². The van der Waals surface area contributed by atoms with Crippen LogP contribution in [0.15, 0.2) is 12.1 Å². The molecule has 0 aliphatic heterocycles. The molecule has 0 aromatic heterocycles. The first-order chi connectivity index (χ1) is 8.60. The fourth-order valence-electron chi connectivity index (χ4n) is 1.23. The predicted molar refractivity (Wildman–Crippen MR) is 62.9 cm³/mol. The molecule has 104 valence electrons. The summed E-state index contributed by atoms with van der Waals surface area (Å²) in [6, 6.07) is 0.940. The second-order valence-electron chi connectivity index (χ2n) is 4.67. The molecule has 8 heteroatoms. The lowest BCUT2D eigenvalue weighted by Gasteiger charge is -2.19. The fourth-order valence-corrected chi connectivity index (χ4v) is 1.23. The molecule has 0 heterocycles. The van der Waals surface area contributed by atoms with Crippen LogP contribution in [0.5, 0.6) is 0 Å². The number of carbonyl (C=O) groups is 1. The van der Waals surface area contributed by atoms with Crippen molar-refractivity contribution < 1.29 is 23.2 Å². The van der Waals surface area contributed by atoms with E-state index in [1.54, 1.807) is 20.8 Å². The molecule has 0 unspecified atom stereocenters. The van der Waals surface area contributed by atoms with Gasteiger partial charge in [-0.1, -0.05) is 0 Å². The van der Waals surface area contributed by atoms with Crippen molar-refractivity contribution in [1.82, 2.24) is 0 Å². The highest BCUT2D eigenvalue weighted by Crippen LogP contribution is 2.29. The van der Waals surface area contributed by atoms with E-state index in [-0.39, 0.29) is 0 Å². The summed E-state index contributed by atoms with van der Waals surface area (Å²) in [5.74, 6) is -2.36. The van der Waals surface area contributed by atoms with E-state index in [2.05, 4.69) is 0 Å². The summed E-state index contributed by atoms with van der Waals surface area (Å²) in [4.78, 5) is 21.1. The van der Waals surface area contributed by atoms with Gasteiger partial charge in [0.1, 0.15) is 11.4 Å². The monoisotopic (exact) mass is 274 g/mol. The fraction of sp³-hybridized carbons (Fsp3) is 0.364. The summed E-state index contributed by atoms with van der Waals surface area (Å²) >= 11 is 0. The van der Waals surface area contributed by atoms with E-state index in [4.69, 9.17) is 4.74 Å². The van der Waals surface area contributed by atoms with E-state index < -0.39 is 39.6 Å². The number of nitrogens with one attached hydrogen (secondary N) is 1. The van der Waals surface area contributed by atoms with Gasteiger partial charge in [0.05, 0.1) is 11.0 Å². The maximum absolute atomic E-state index is 13.4. The molecule has 1 N–H and O–H groups in total. The number of nitro groups is 1. The van der Waals surface area contributed by atoms with E-state index in [0.717, 1.165) is 0 Å². The molecule has 19 heavy (non-hydrogen) atoms. The number of rotatable bonds is 2. The van der Waals surface area contributed by atoms with Crippen molar-refractivity contribution in [2.45, 2.75) is 26.4 Å². The van der Waals surface area contributed by atoms with Crippen LogP contribution >= 0.6 is 0 Å². The maximum atomic E-state index is 13.4. The van der Waals surface area contributed by atoms with Crippen molar-refractivity contribution in [2.75, 3.05) is 5.32 Å². The quantitative estimate of drug-likeness (QED) is 0.663. The number of ether oxygens (including phenoxy) is 1. The Morgan fingerprint density at radius 3 is 2.42 bits per heavy atom. The lowest BCUT2D eigenvalue weighted by Crippen LogP contribution is -2.27. The van der Waals surface area contributed by atoms with Crippen molar-refractivity contribution >= 4 is 17.5 Å². The first-order valence-electron chi connectivity index (χ1n) is 5.23. The van der Waals surface area contributed by atoms with Crippen LogP contribution in [0.1, 0.15) is 20.8 Å². The molecule has 0 fully saturated rings. The Morgan fingerprint density at radius 2 is 1.95 bits per heavy atom. The molecule has 0 saturated heterocycles. The molecule has 0 spiro atoms. The Balaban J connectivity index is 3.07. The minimum Gasteiger partial charge on any atom is -0.444 e. The van der Waals surface area contributed by atoms with Gasteiger partial charge in [0, 0.05) is 6.07 Å². The number of amides is 1. The summed E-state index contributed by atoms with van der Waals surface area (Å²) in [5, 5.41) is 12.6. The molecule has 0 radical (unpaired) electrons. The summed E-state index contributed by atoms with van der Waals surface area (Å²) in [7, 11) is 0. The number of halogens is 2. The molecule has 1 rings (SSSR count). The average Bonchev–Trinajstić information content (AvgIpc) is 2.18. The highest BCUT2D eigenvalue weighted by Gasteiger charge is 2.24. The molecule has 0 aliphatic rings. The lowest BCUT2D eigenvalue weighted by molar-refractivity contribution is -0.384. The Labute approximate surface area is 107 Å². The van der Waals surface area contributed by atoms with Gasteiger partial charge in [-0.2, -0.15) is 0 Å². The topological polar surface area (TPSA) is 81.5 Å². The Hall–Kier alpha value is -2.25. The molecule has 0 atom stereocenters. The van der Waals surface area contributed by atoms with Crippen LogP contribution in [0, 0.1) is 21.7 Å². The Bertz CT molecular complexity index is 526. The number of anilines is 1. The molecule has 1 aromatic rings. The zero-order chi connectivity index (χ0) is 14.8. The van der Waals surface area contributed by atoms with Crippen molar-refractivity contribution in [3.63, 3.8) is 0 Å². The molecule has 0 aliphatic carbocycles. The van der Waals surface area contributed by atoms with Crippen LogP contribution in [0.2, 0.25) is 0 Å². The molecule has 0 saturated carbocycles. The number of hydrogen-bond donors (Lipinski definition) is 1. The van der Waals surface area contributed by atoms with Crippen LogP contribution in [0.4, 0.5) is 25.0 Å². The van der Waals surface area contributed by atoms with Crippen LogP contribution in [-0.4, -0.2) is 16.6 Å². The van der Waals surface area contributed by atoms with Crippen LogP contribution < -0.4 is 5.32 Å². The Morgan fingerprint density at radius 1 is 1.37 bits per heavy atom. The first-order valence-corrected chi connectivity index (χ1v) is 5.23. The molecular formula is C11H12F2N2O4. The molecule has 0 bridgehead atoms. The van der Waals surface area contributed by atoms with E-state index >= 15 is 0 Å². The van der Waals surface area contributed by atoms with E-state index in [1.165, 1.54) is 0 Å². The van der Waals surface area contributed by atoms with Crippen molar-refractivity contribution in [3.8, 4) is 0 Å². The highest BCUT2D eigenvalue weighted by molar-refractivity contribution is 5.88. The van der Waals surface area contributed by atoms with Gasteiger partial charge in [-0.15, -0.1) is 0 Å². The van der Waals surface area contributed by atoms with Crippen LogP contribution in [0.3, 0.4) is 0 Å². The van der Waals surface area contributed by atoms with E-state index in [1.807, 2.05) is 5.32 Å².